The van der Waals surface area contributed by atoms with Crippen molar-refractivity contribution in [3.63, 3.8) is 0 Å². The highest BCUT2D eigenvalue weighted by Crippen LogP contribution is 2.44. The molecule has 5 rings (SSSR count). The number of hydrogen-bond donors (Lipinski definition) is 4. The van der Waals surface area contributed by atoms with E-state index in [1.165, 1.54) is 12.1 Å². The summed E-state index contributed by atoms with van der Waals surface area (Å²) in [6, 6.07) is 24.1. The molecule has 0 radical (unpaired) electrons. The average Bonchev–Trinajstić information content (AvgIpc) is 3.34. The van der Waals surface area contributed by atoms with Crippen LogP contribution in [0.5, 0.6) is 0 Å². The molecular formula is C35H37N3O8S. The number of nitrogens with one attached hydrogen (secondary N) is 3. The van der Waals surface area contributed by atoms with Crippen molar-refractivity contribution in [3.05, 3.63) is 96.1 Å². The monoisotopic (exact) mass is 659 g/mol. The highest BCUT2D eigenvalue weighted by molar-refractivity contribution is 7.86. The lowest BCUT2D eigenvalue weighted by Gasteiger charge is -2.24. The predicted octanol–water partition coefficient (Wildman–Crippen LogP) is 5.25. The summed E-state index contributed by atoms with van der Waals surface area (Å²) in [5, 5.41) is 9.31. The van der Waals surface area contributed by atoms with Crippen LogP contribution in [0.1, 0.15) is 44.2 Å². The van der Waals surface area contributed by atoms with Gasteiger partial charge in [-0.25, -0.2) is 9.59 Å². The molecule has 0 aliphatic heterocycles. The zero-order valence-corrected chi connectivity index (χ0v) is 27.1. The minimum atomic E-state index is -4.41. The Bertz CT molecular complexity index is 1870. The van der Waals surface area contributed by atoms with Gasteiger partial charge in [0.05, 0.1) is 6.42 Å². The van der Waals surface area contributed by atoms with E-state index < -0.39 is 39.7 Å². The van der Waals surface area contributed by atoms with Crippen LogP contribution < -0.4 is 16.0 Å². The first kappa shape index (κ1) is 33.4. The van der Waals surface area contributed by atoms with E-state index in [4.69, 9.17) is 9.47 Å². The van der Waals surface area contributed by atoms with Gasteiger partial charge in [0.15, 0.2) is 0 Å². The Labute approximate surface area is 273 Å². The molecule has 0 bridgehead atoms. The fourth-order valence-electron chi connectivity index (χ4n) is 5.67. The third-order valence-corrected chi connectivity index (χ3v) is 8.55. The SMILES string of the molecule is CC(C)(C)OC(=O)[C@H](CC(=O)NCCNc1cccc2c(S(=O)(=O)O)cccc12)NC(=O)OCC1c2ccccc2-c2ccccc21. The quantitative estimate of drug-likeness (QED) is 0.0958. The van der Waals surface area contributed by atoms with E-state index in [9.17, 15) is 27.4 Å². The topological polar surface area (TPSA) is 160 Å². The van der Waals surface area contributed by atoms with E-state index in [1.54, 1.807) is 45.0 Å². The van der Waals surface area contributed by atoms with Gasteiger partial charge < -0.3 is 25.4 Å². The number of ether oxygens (including phenoxy) is 2. The molecule has 1 aliphatic carbocycles. The molecule has 0 saturated heterocycles. The van der Waals surface area contributed by atoms with Crippen LogP contribution in [0.3, 0.4) is 0 Å². The molecule has 4 aromatic rings. The summed E-state index contributed by atoms with van der Waals surface area (Å²) in [5.41, 5.74) is 4.00. The fourth-order valence-corrected chi connectivity index (χ4v) is 6.37. The van der Waals surface area contributed by atoms with Crippen LogP contribution in [0.4, 0.5) is 10.5 Å². The van der Waals surface area contributed by atoms with E-state index in [1.807, 2.05) is 48.5 Å². The van der Waals surface area contributed by atoms with Gasteiger partial charge in [0, 0.05) is 35.5 Å². The van der Waals surface area contributed by atoms with Gasteiger partial charge in [0.25, 0.3) is 10.1 Å². The van der Waals surface area contributed by atoms with Crippen molar-refractivity contribution in [3.8, 4) is 11.1 Å². The summed E-state index contributed by atoms with van der Waals surface area (Å²) >= 11 is 0. The number of carbonyl (C=O) groups is 3. The first-order chi connectivity index (χ1) is 22.3. The molecule has 4 N–H and O–H groups in total. The number of hydrogen-bond acceptors (Lipinski definition) is 8. The number of amides is 2. The van der Waals surface area contributed by atoms with Gasteiger partial charge in [-0.15, -0.1) is 0 Å². The largest absolute Gasteiger partial charge is 0.458 e. The van der Waals surface area contributed by atoms with E-state index in [0.29, 0.717) is 16.5 Å². The number of carbonyl (C=O) groups excluding carboxylic acids is 3. The second-order valence-electron chi connectivity index (χ2n) is 12.2. The molecule has 4 aromatic carbocycles. The Morgan fingerprint density at radius 1 is 0.830 bits per heavy atom. The molecule has 0 spiro atoms. The van der Waals surface area contributed by atoms with Gasteiger partial charge >= 0.3 is 12.1 Å². The molecule has 246 valence electrons. The number of rotatable bonds is 11. The highest BCUT2D eigenvalue weighted by atomic mass is 32.2. The van der Waals surface area contributed by atoms with Gasteiger partial charge in [0.1, 0.15) is 23.1 Å². The summed E-state index contributed by atoms with van der Waals surface area (Å²) in [6.45, 7) is 5.52. The smallest absolute Gasteiger partial charge is 0.407 e. The molecule has 2 amide bonds. The molecule has 47 heavy (non-hydrogen) atoms. The van der Waals surface area contributed by atoms with Gasteiger partial charge in [-0.2, -0.15) is 8.42 Å². The van der Waals surface area contributed by atoms with Gasteiger partial charge in [-0.05, 0) is 55.2 Å². The first-order valence-electron chi connectivity index (χ1n) is 15.2. The van der Waals surface area contributed by atoms with Crippen LogP contribution in [-0.2, 0) is 29.2 Å². The van der Waals surface area contributed by atoms with Crippen molar-refractivity contribution in [2.75, 3.05) is 25.0 Å². The van der Waals surface area contributed by atoms with Gasteiger partial charge in [-0.1, -0.05) is 72.8 Å². The number of alkyl carbamates (subject to hydrolysis) is 1. The third kappa shape index (κ3) is 8.08. The maximum absolute atomic E-state index is 13.0. The molecular weight excluding hydrogens is 622 g/mol. The minimum Gasteiger partial charge on any atom is -0.458 e. The standard InChI is InChI=1S/C35H37N3O8S/c1-35(2,3)46-33(40)30(38-34(41)45-21-28-24-12-6-4-10-22(24)23-11-5-7-13-25(23)28)20-32(39)37-19-18-36-29-16-8-15-27-26(29)14-9-17-31(27)47(42,43)44/h4-17,28,30,36H,18-21H2,1-3H3,(H,37,39)(H,38,41)(H,42,43,44)/t30-/m0/s1. The number of anilines is 1. The zero-order chi connectivity index (χ0) is 33.8. The molecule has 0 saturated carbocycles. The summed E-state index contributed by atoms with van der Waals surface area (Å²) in [5.74, 6) is -1.46. The van der Waals surface area contributed by atoms with Gasteiger partial charge in [0.2, 0.25) is 5.91 Å². The van der Waals surface area contributed by atoms with Crippen molar-refractivity contribution in [2.45, 2.75) is 49.6 Å². The molecule has 1 atom stereocenters. The maximum atomic E-state index is 13.0. The Hall–Kier alpha value is -4.94. The third-order valence-electron chi connectivity index (χ3n) is 7.64. The van der Waals surface area contributed by atoms with Crippen LogP contribution in [0.25, 0.3) is 21.9 Å². The van der Waals surface area contributed by atoms with Crippen LogP contribution in [0, 0.1) is 0 Å². The molecule has 11 nitrogen and oxygen atoms in total. The molecule has 12 heteroatoms. The van der Waals surface area contributed by atoms with E-state index >= 15 is 0 Å². The lowest BCUT2D eigenvalue weighted by Crippen LogP contribution is -2.47. The lowest BCUT2D eigenvalue weighted by atomic mass is 9.98. The van der Waals surface area contributed by atoms with Gasteiger partial charge in [-0.3, -0.25) is 9.35 Å². The first-order valence-corrected chi connectivity index (χ1v) is 16.6. The minimum absolute atomic E-state index is 0.0403. The normalized spacial score (nSPS) is 13.3. The van der Waals surface area contributed by atoms with Crippen LogP contribution >= 0.6 is 0 Å². The van der Waals surface area contributed by atoms with Crippen molar-refractivity contribution in [2.24, 2.45) is 0 Å². The predicted molar refractivity (Wildman–Crippen MR) is 178 cm³/mol. The molecule has 1 aliphatic rings. The lowest BCUT2D eigenvalue weighted by molar-refractivity contribution is -0.158. The zero-order valence-electron chi connectivity index (χ0n) is 26.3. The molecule has 0 heterocycles. The van der Waals surface area contributed by atoms with Crippen LogP contribution in [0.15, 0.2) is 89.8 Å². The second kappa shape index (κ2) is 13.8. The fraction of sp³-hybridized carbons (Fsp3) is 0.286. The Kier molecular flexibility index (Phi) is 9.83. The Morgan fingerprint density at radius 2 is 1.45 bits per heavy atom. The average molecular weight is 660 g/mol. The molecule has 0 aromatic heterocycles. The Morgan fingerprint density at radius 3 is 2.09 bits per heavy atom. The number of benzene rings is 4. The van der Waals surface area contributed by atoms with Crippen LogP contribution in [0.2, 0.25) is 0 Å². The van der Waals surface area contributed by atoms with Crippen molar-refractivity contribution >= 4 is 44.5 Å². The summed E-state index contributed by atoms with van der Waals surface area (Å²) in [6.07, 6.45) is -1.23. The summed E-state index contributed by atoms with van der Waals surface area (Å²) in [4.78, 5) is 38.7. The van der Waals surface area contributed by atoms with Crippen molar-refractivity contribution < 1.29 is 36.8 Å². The number of esters is 1. The van der Waals surface area contributed by atoms with E-state index in [2.05, 4.69) is 16.0 Å². The van der Waals surface area contributed by atoms with Crippen molar-refractivity contribution in [1.82, 2.24) is 10.6 Å². The number of fused-ring (bicyclic) bond motifs is 4. The summed E-state index contributed by atoms with van der Waals surface area (Å²) in [7, 11) is -4.41. The second-order valence-corrected chi connectivity index (χ2v) is 13.6. The van der Waals surface area contributed by atoms with Crippen molar-refractivity contribution in [1.29, 1.82) is 0 Å². The Balaban J connectivity index is 1.18. The molecule has 0 fully saturated rings. The van der Waals surface area contributed by atoms with E-state index in [-0.39, 0.29) is 36.9 Å². The molecule has 0 unspecified atom stereocenters. The summed E-state index contributed by atoms with van der Waals surface area (Å²) < 4.78 is 44.2. The maximum Gasteiger partial charge on any atom is 0.407 e. The van der Waals surface area contributed by atoms with E-state index in [0.717, 1.165) is 22.3 Å². The van der Waals surface area contributed by atoms with Crippen LogP contribution in [-0.4, -0.2) is 62.3 Å². The highest BCUT2D eigenvalue weighted by Gasteiger charge is 2.32.